The second kappa shape index (κ2) is 4.99. The molecule has 1 aliphatic rings. The fraction of sp³-hybridized carbons (Fsp3) is 0.571. The monoisotopic (exact) mass is 297 g/mol. The molecule has 1 aromatic rings. The van der Waals surface area contributed by atoms with E-state index >= 15 is 0 Å². The molecule has 1 atom stereocenters. The molecule has 17 heavy (non-hydrogen) atoms. The van der Waals surface area contributed by atoms with E-state index in [-0.39, 0.29) is 0 Å². The van der Waals surface area contributed by atoms with Gasteiger partial charge in [0.25, 0.3) is 0 Å². The minimum Gasteiger partial charge on any atom is -0.508 e. The lowest BCUT2D eigenvalue weighted by Crippen LogP contribution is -2.26. The molecule has 2 rings (SSSR count). The van der Waals surface area contributed by atoms with Crippen LogP contribution in [0.4, 0.5) is 0 Å². The first-order valence-electron chi connectivity index (χ1n) is 6.17. The van der Waals surface area contributed by atoms with Gasteiger partial charge in [-0.2, -0.15) is 0 Å². The van der Waals surface area contributed by atoms with Gasteiger partial charge in [-0.05, 0) is 42.9 Å². The molecule has 0 aromatic heterocycles. The molecule has 0 aliphatic heterocycles. The molecule has 3 heteroatoms. The smallest absolute Gasteiger partial charge is 0.120 e. The van der Waals surface area contributed by atoms with Crippen LogP contribution < -0.4 is 5.32 Å². The van der Waals surface area contributed by atoms with Crippen molar-refractivity contribution in [2.24, 2.45) is 5.41 Å². The Morgan fingerprint density at radius 3 is 2.88 bits per heavy atom. The van der Waals surface area contributed by atoms with Crippen LogP contribution in [0.25, 0.3) is 0 Å². The first-order valence-corrected chi connectivity index (χ1v) is 6.96. The molecule has 1 fully saturated rings. The summed E-state index contributed by atoms with van der Waals surface area (Å²) in [5, 5.41) is 13.3. The molecule has 0 heterocycles. The van der Waals surface area contributed by atoms with E-state index in [0.717, 1.165) is 16.6 Å². The number of benzene rings is 1. The second-order valence-electron chi connectivity index (χ2n) is 5.76. The highest BCUT2D eigenvalue weighted by Crippen LogP contribution is 2.37. The number of phenols is 1. The number of hydrogen-bond acceptors (Lipinski definition) is 2. The third-order valence-electron chi connectivity index (χ3n) is 3.59. The van der Waals surface area contributed by atoms with E-state index in [0.29, 0.717) is 17.2 Å². The maximum atomic E-state index is 9.75. The van der Waals surface area contributed by atoms with E-state index in [1.165, 1.54) is 19.3 Å². The van der Waals surface area contributed by atoms with Crippen LogP contribution in [0.15, 0.2) is 22.7 Å². The van der Waals surface area contributed by atoms with Crippen molar-refractivity contribution in [3.8, 4) is 5.75 Å². The van der Waals surface area contributed by atoms with Crippen molar-refractivity contribution in [2.45, 2.75) is 45.7 Å². The molecule has 0 amide bonds. The summed E-state index contributed by atoms with van der Waals surface area (Å²) in [6, 6.07) is 6.16. The van der Waals surface area contributed by atoms with Gasteiger partial charge in [0.15, 0.2) is 0 Å². The summed E-state index contributed by atoms with van der Waals surface area (Å²) in [6.45, 7) is 5.39. The first-order chi connectivity index (χ1) is 7.96. The molecular formula is C14H20BrNO. The van der Waals surface area contributed by atoms with Gasteiger partial charge in [-0.15, -0.1) is 0 Å². The molecule has 0 bridgehead atoms. The van der Waals surface area contributed by atoms with Gasteiger partial charge < -0.3 is 10.4 Å². The van der Waals surface area contributed by atoms with Crippen LogP contribution in [0.5, 0.6) is 5.75 Å². The number of halogens is 1. The summed E-state index contributed by atoms with van der Waals surface area (Å²) < 4.78 is 1.01. The maximum absolute atomic E-state index is 9.75. The summed E-state index contributed by atoms with van der Waals surface area (Å²) in [7, 11) is 0. The zero-order valence-electron chi connectivity index (χ0n) is 10.5. The molecule has 1 unspecified atom stereocenters. The van der Waals surface area contributed by atoms with Gasteiger partial charge in [-0.1, -0.05) is 29.8 Å². The quantitative estimate of drug-likeness (QED) is 0.889. The fourth-order valence-corrected chi connectivity index (χ4v) is 2.97. The first kappa shape index (κ1) is 12.9. The Labute approximate surface area is 112 Å². The highest BCUT2D eigenvalue weighted by Gasteiger charge is 2.30. The van der Waals surface area contributed by atoms with Crippen molar-refractivity contribution < 1.29 is 5.11 Å². The van der Waals surface area contributed by atoms with Crippen molar-refractivity contribution in [3.05, 3.63) is 28.2 Å². The van der Waals surface area contributed by atoms with Gasteiger partial charge in [-0.3, -0.25) is 0 Å². The largest absolute Gasteiger partial charge is 0.508 e. The second-order valence-corrected chi connectivity index (χ2v) is 6.67. The van der Waals surface area contributed by atoms with E-state index in [1.807, 2.05) is 12.1 Å². The summed E-state index contributed by atoms with van der Waals surface area (Å²) in [4.78, 5) is 0. The van der Waals surface area contributed by atoms with E-state index in [1.54, 1.807) is 6.07 Å². The SMILES string of the molecule is CC1(C)CCC(NCc2cc(Br)ccc2O)C1. The molecular weight excluding hydrogens is 278 g/mol. The van der Waals surface area contributed by atoms with Crippen LogP contribution in [-0.2, 0) is 6.54 Å². The Morgan fingerprint density at radius 2 is 2.24 bits per heavy atom. The lowest BCUT2D eigenvalue weighted by Gasteiger charge is -2.18. The van der Waals surface area contributed by atoms with Crippen molar-refractivity contribution >= 4 is 15.9 Å². The topological polar surface area (TPSA) is 32.3 Å². The predicted molar refractivity (Wildman–Crippen MR) is 74.1 cm³/mol. The van der Waals surface area contributed by atoms with Crippen LogP contribution >= 0.6 is 15.9 Å². The number of phenolic OH excluding ortho intramolecular Hbond substituents is 1. The lowest BCUT2D eigenvalue weighted by atomic mass is 9.92. The van der Waals surface area contributed by atoms with Gasteiger partial charge in [0.1, 0.15) is 5.75 Å². The third kappa shape index (κ3) is 3.46. The number of hydrogen-bond donors (Lipinski definition) is 2. The zero-order chi connectivity index (χ0) is 12.5. The number of aromatic hydroxyl groups is 1. The van der Waals surface area contributed by atoms with Gasteiger partial charge in [-0.25, -0.2) is 0 Å². The van der Waals surface area contributed by atoms with Crippen molar-refractivity contribution in [1.29, 1.82) is 0 Å². The van der Waals surface area contributed by atoms with Crippen molar-refractivity contribution in [1.82, 2.24) is 5.32 Å². The molecule has 94 valence electrons. The Balaban J connectivity index is 1.92. The predicted octanol–water partition coefficient (Wildman–Crippen LogP) is 3.82. The van der Waals surface area contributed by atoms with Gasteiger partial charge in [0, 0.05) is 22.6 Å². The maximum Gasteiger partial charge on any atom is 0.120 e. The average molecular weight is 298 g/mol. The lowest BCUT2D eigenvalue weighted by molar-refractivity contribution is 0.363. The van der Waals surface area contributed by atoms with E-state index in [4.69, 9.17) is 0 Å². The summed E-state index contributed by atoms with van der Waals surface area (Å²) in [5.41, 5.74) is 1.43. The summed E-state index contributed by atoms with van der Waals surface area (Å²) in [6.07, 6.45) is 3.75. The molecule has 2 nitrogen and oxygen atoms in total. The van der Waals surface area contributed by atoms with Crippen LogP contribution in [0.1, 0.15) is 38.7 Å². The molecule has 1 aromatic carbocycles. The minimum absolute atomic E-state index is 0.373. The van der Waals surface area contributed by atoms with Crippen LogP contribution in [0.3, 0.4) is 0 Å². The molecule has 0 saturated heterocycles. The van der Waals surface area contributed by atoms with Crippen molar-refractivity contribution in [3.63, 3.8) is 0 Å². The van der Waals surface area contributed by atoms with Gasteiger partial charge in [0.05, 0.1) is 0 Å². The third-order valence-corrected chi connectivity index (χ3v) is 4.08. The standard InChI is InChI=1S/C14H20BrNO/c1-14(2)6-5-12(8-14)16-9-10-7-11(15)3-4-13(10)17/h3-4,7,12,16-17H,5-6,8-9H2,1-2H3. The molecule has 1 aliphatic carbocycles. The van der Waals surface area contributed by atoms with Crippen LogP contribution in [-0.4, -0.2) is 11.1 Å². The summed E-state index contributed by atoms with van der Waals surface area (Å²) in [5.74, 6) is 0.373. The van der Waals surface area contributed by atoms with E-state index in [9.17, 15) is 5.11 Å². The van der Waals surface area contributed by atoms with Crippen molar-refractivity contribution in [2.75, 3.05) is 0 Å². The molecule has 2 N–H and O–H groups in total. The minimum atomic E-state index is 0.373. The number of nitrogens with one attached hydrogen (secondary N) is 1. The normalized spacial score (nSPS) is 22.9. The molecule has 0 spiro atoms. The van der Waals surface area contributed by atoms with Gasteiger partial charge >= 0.3 is 0 Å². The van der Waals surface area contributed by atoms with Crippen LogP contribution in [0.2, 0.25) is 0 Å². The van der Waals surface area contributed by atoms with Crippen LogP contribution in [0, 0.1) is 5.41 Å². The zero-order valence-corrected chi connectivity index (χ0v) is 12.0. The number of rotatable bonds is 3. The molecule has 1 saturated carbocycles. The Hall–Kier alpha value is -0.540. The fourth-order valence-electron chi connectivity index (χ4n) is 2.56. The highest BCUT2D eigenvalue weighted by atomic mass is 79.9. The van der Waals surface area contributed by atoms with E-state index < -0.39 is 0 Å². The summed E-state index contributed by atoms with van der Waals surface area (Å²) >= 11 is 3.43. The highest BCUT2D eigenvalue weighted by molar-refractivity contribution is 9.10. The van der Waals surface area contributed by atoms with E-state index in [2.05, 4.69) is 35.1 Å². The van der Waals surface area contributed by atoms with Gasteiger partial charge in [0.2, 0.25) is 0 Å². The Bertz CT molecular complexity index is 403. The average Bonchev–Trinajstić information content (AvgIpc) is 2.60. The molecule has 0 radical (unpaired) electrons. The Kier molecular flexibility index (Phi) is 3.79. The Morgan fingerprint density at radius 1 is 1.47 bits per heavy atom.